The molecule has 2 aromatic rings. The van der Waals surface area contributed by atoms with Crippen LogP contribution in [0.4, 0.5) is 32.0 Å². The summed E-state index contributed by atoms with van der Waals surface area (Å²) >= 11 is 0. The molecule has 2 heterocycles. The number of nitrogens with one attached hydrogen (secondary N) is 2. The third kappa shape index (κ3) is 7.18. The number of carbonyl (C=O) groups is 5. The number of ketones is 1. The average molecular weight is 667 g/mol. The van der Waals surface area contributed by atoms with Crippen molar-refractivity contribution in [3.63, 3.8) is 0 Å². The number of alkyl halides is 5. The van der Waals surface area contributed by atoms with Crippen LogP contribution in [0.5, 0.6) is 0 Å². The quantitative estimate of drug-likeness (QED) is 0.296. The van der Waals surface area contributed by atoms with Gasteiger partial charge < -0.3 is 20.4 Å². The molecule has 0 unspecified atom stereocenters. The zero-order valence-corrected chi connectivity index (χ0v) is 25.5. The Morgan fingerprint density at radius 3 is 2.32 bits per heavy atom. The first-order valence-corrected chi connectivity index (χ1v) is 14.5. The van der Waals surface area contributed by atoms with Gasteiger partial charge in [-0.25, -0.2) is 4.39 Å². The highest BCUT2D eigenvalue weighted by Gasteiger charge is 2.63. The van der Waals surface area contributed by atoms with Gasteiger partial charge in [0.25, 0.3) is 0 Å². The Balaban J connectivity index is 1.67. The van der Waals surface area contributed by atoms with Crippen molar-refractivity contribution in [3.05, 3.63) is 77.6 Å². The van der Waals surface area contributed by atoms with Crippen LogP contribution in [-0.4, -0.2) is 84.0 Å². The fourth-order valence-corrected chi connectivity index (χ4v) is 5.73. The van der Waals surface area contributed by atoms with E-state index in [1.807, 2.05) is 0 Å². The van der Waals surface area contributed by atoms with Crippen molar-refractivity contribution in [3.8, 4) is 0 Å². The van der Waals surface area contributed by atoms with Crippen LogP contribution >= 0.6 is 0 Å². The minimum absolute atomic E-state index is 0.0645. The van der Waals surface area contributed by atoms with Crippen molar-refractivity contribution in [1.82, 2.24) is 15.1 Å². The molecule has 4 amide bonds. The smallest absolute Gasteiger partial charge is 0.345 e. The second kappa shape index (κ2) is 13.2. The van der Waals surface area contributed by atoms with E-state index < -0.39 is 71.3 Å². The maximum absolute atomic E-state index is 14.3. The van der Waals surface area contributed by atoms with Crippen LogP contribution in [0.3, 0.4) is 0 Å². The van der Waals surface area contributed by atoms with Crippen molar-refractivity contribution < 1.29 is 50.3 Å². The number of hydrogen-bond donors (Lipinski definition) is 2. The minimum atomic E-state index is -6.20. The molecule has 1 fully saturated rings. The standard InChI is InChI=1S/C32H32F6N4O5/c1-18(39-29(47)31(34,35)32(36,37)38)25(43)15-20(14-19-8-10-21(33)11-9-19)27(45)42-17-30(16-22(42)12-13-26(44)41(2)3)23-6-4-5-7-24(23)40-28(30)46/h4-13,18,20,22H,14-17H2,1-3H3,(H,39,47)(H,40,46)/b13-12+/t18-,20+,22+,30-/m0/s1. The van der Waals surface area contributed by atoms with Gasteiger partial charge in [0, 0.05) is 44.7 Å². The summed E-state index contributed by atoms with van der Waals surface area (Å²) in [6.45, 7) is 0.743. The number of amides is 4. The molecule has 4 rings (SSSR count). The molecule has 47 heavy (non-hydrogen) atoms. The summed E-state index contributed by atoms with van der Waals surface area (Å²) in [6, 6.07) is 9.13. The van der Waals surface area contributed by atoms with E-state index in [9.17, 15) is 50.3 Å². The first-order valence-electron chi connectivity index (χ1n) is 14.5. The number of fused-ring (bicyclic) bond motifs is 2. The molecule has 0 bridgehead atoms. The van der Waals surface area contributed by atoms with E-state index in [-0.39, 0.29) is 25.3 Å². The number of carbonyl (C=O) groups excluding carboxylic acids is 5. The summed E-state index contributed by atoms with van der Waals surface area (Å²) in [4.78, 5) is 67.7. The molecule has 2 aliphatic heterocycles. The van der Waals surface area contributed by atoms with Crippen LogP contribution in [0.25, 0.3) is 0 Å². The van der Waals surface area contributed by atoms with Gasteiger partial charge in [-0.2, -0.15) is 22.0 Å². The highest BCUT2D eigenvalue weighted by atomic mass is 19.4. The molecule has 1 saturated heterocycles. The van der Waals surface area contributed by atoms with Crippen LogP contribution < -0.4 is 10.6 Å². The largest absolute Gasteiger partial charge is 0.463 e. The second-order valence-corrected chi connectivity index (χ2v) is 11.9. The van der Waals surface area contributed by atoms with E-state index in [0.29, 0.717) is 16.8 Å². The van der Waals surface area contributed by atoms with Crippen molar-refractivity contribution >= 4 is 35.1 Å². The summed E-state index contributed by atoms with van der Waals surface area (Å²) in [5.41, 5.74) is 0.325. The van der Waals surface area contributed by atoms with E-state index in [0.717, 1.165) is 19.1 Å². The SMILES string of the molecule is C[C@H](NC(=O)C(F)(F)C(F)(F)F)C(=O)C[C@@H](Cc1ccc(F)cc1)C(=O)N1C[C@]2(C[C@H]1/C=C/C(=O)N(C)C)C(=O)Nc1ccccc12. The van der Waals surface area contributed by atoms with Crippen LogP contribution in [0.2, 0.25) is 0 Å². The lowest BCUT2D eigenvalue weighted by atomic mass is 9.79. The number of anilines is 1. The predicted octanol–water partition coefficient (Wildman–Crippen LogP) is 3.78. The van der Waals surface area contributed by atoms with Crippen molar-refractivity contribution in [2.75, 3.05) is 26.0 Å². The second-order valence-electron chi connectivity index (χ2n) is 11.9. The van der Waals surface area contributed by atoms with Crippen molar-refractivity contribution in [2.45, 2.75) is 55.8 Å². The van der Waals surface area contributed by atoms with Gasteiger partial charge in [0.05, 0.1) is 17.5 Å². The lowest BCUT2D eigenvalue weighted by Crippen LogP contribution is -2.54. The molecule has 15 heteroatoms. The number of para-hydroxylation sites is 1. The Morgan fingerprint density at radius 1 is 1.06 bits per heavy atom. The van der Waals surface area contributed by atoms with E-state index in [4.69, 9.17) is 0 Å². The van der Waals surface area contributed by atoms with E-state index >= 15 is 0 Å². The van der Waals surface area contributed by atoms with Gasteiger partial charge in [0.15, 0.2) is 5.78 Å². The Bertz CT molecular complexity index is 1590. The van der Waals surface area contributed by atoms with Gasteiger partial charge in [0.1, 0.15) is 5.82 Å². The number of nitrogens with zero attached hydrogens (tertiary/aromatic N) is 2. The molecule has 2 aliphatic rings. The lowest BCUT2D eigenvalue weighted by Gasteiger charge is -2.29. The molecule has 2 N–H and O–H groups in total. The van der Waals surface area contributed by atoms with Gasteiger partial charge in [0.2, 0.25) is 17.7 Å². The van der Waals surface area contributed by atoms with Gasteiger partial charge >= 0.3 is 18.0 Å². The Labute approximate surface area is 266 Å². The Kier molecular flexibility index (Phi) is 9.88. The molecule has 252 valence electrons. The first-order chi connectivity index (χ1) is 21.9. The normalized spacial score (nSPS) is 20.6. The minimum Gasteiger partial charge on any atom is -0.345 e. The van der Waals surface area contributed by atoms with Crippen LogP contribution in [-0.2, 0) is 35.8 Å². The first kappa shape index (κ1) is 35.2. The molecular weight excluding hydrogens is 634 g/mol. The summed E-state index contributed by atoms with van der Waals surface area (Å²) in [5, 5.41) is 4.19. The number of halogens is 6. The van der Waals surface area contributed by atoms with Gasteiger partial charge in [-0.15, -0.1) is 0 Å². The number of hydrogen-bond acceptors (Lipinski definition) is 5. The molecular formula is C32H32F6N4O5. The monoisotopic (exact) mass is 666 g/mol. The fourth-order valence-electron chi connectivity index (χ4n) is 5.73. The zero-order valence-electron chi connectivity index (χ0n) is 25.5. The molecule has 4 atom stereocenters. The number of likely N-dealkylation sites (tertiary alicyclic amines) is 1. The molecule has 2 aromatic carbocycles. The summed E-state index contributed by atoms with van der Waals surface area (Å²) < 4.78 is 78.9. The number of rotatable bonds is 10. The maximum atomic E-state index is 14.3. The summed E-state index contributed by atoms with van der Waals surface area (Å²) in [7, 11) is 3.03. The summed E-state index contributed by atoms with van der Waals surface area (Å²) in [5.74, 6) is -12.9. The highest BCUT2D eigenvalue weighted by Crippen LogP contribution is 2.47. The van der Waals surface area contributed by atoms with E-state index in [2.05, 4.69) is 5.32 Å². The molecule has 0 saturated carbocycles. The van der Waals surface area contributed by atoms with Crippen molar-refractivity contribution in [2.24, 2.45) is 5.92 Å². The molecule has 1 spiro atoms. The number of benzene rings is 2. The maximum Gasteiger partial charge on any atom is 0.463 e. The number of Topliss-reactive ketones (excluding diaryl/α,β-unsaturated/α-hetero) is 1. The highest BCUT2D eigenvalue weighted by molar-refractivity contribution is 6.07. The van der Waals surface area contributed by atoms with Gasteiger partial charge in [-0.3, -0.25) is 24.0 Å². The van der Waals surface area contributed by atoms with Crippen LogP contribution in [0, 0.1) is 11.7 Å². The zero-order chi connectivity index (χ0) is 34.9. The van der Waals surface area contributed by atoms with Gasteiger partial charge in [-0.05, 0) is 49.1 Å². The topological polar surface area (TPSA) is 116 Å². The lowest BCUT2D eigenvalue weighted by molar-refractivity contribution is -0.270. The molecule has 0 aromatic heterocycles. The van der Waals surface area contributed by atoms with E-state index in [1.165, 1.54) is 53.5 Å². The van der Waals surface area contributed by atoms with Crippen LogP contribution in [0.1, 0.15) is 30.9 Å². The average Bonchev–Trinajstić information content (AvgIpc) is 3.52. The van der Waals surface area contributed by atoms with E-state index in [1.54, 1.807) is 24.3 Å². The fraction of sp³-hybridized carbons (Fsp3) is 0.406. The predicted molar refractivity (Wildman–Crippen MR) is 157 cm³/mol. The Hall–Kier alpha value is -4.69. The molecule has 0 aliphatic carbocycles. The Morgan fingerprint density at radius 2 is 1.70 bits per heavy atom. The molecule has 0 radical (unpaired) electrons. The third-order valence-electron chi connectivity index (χ3n) is 8.37. The van der Waals surface area contributed by atoms with Crippen LogP contribution in [0.15, 0.2) is 60.7 Å². The summed E-state index contributed by atoms with van der Waals surface area (Å²) in [6.07, 6.45) is -4.34. The number of likely N-dealkylation sites (N-methyl/N-ethyl adjacent to an activating group) is 1. The van der Waals surface area contributed by atoms with Crippen molar-refractivity contribution in [1.29, 1.82) is 0 Å². The molecule has 9 nitrogen and oxygen atoms in total. The third-order valence-corrected chi connectivity index (χ3v) is 8.37. The van der Waals surface area contributed by atoms with Gasteiger partial charge in [-0.1, -0.05) is 36.4 Å².